The molecule has 1 saturated heterocycles. The normalized spacial score (nSPS) is 17.9. The molecule has 144 valence electrons. The second-order valence-corrected chi connectivity index (χ2v) is 7.93. The van der Waals surface area contributed by atoms with Crippen LogP contribution in [0.4, 0.5) is 11.4 Å². The third-order valence-corrected chi connectivity index (χ3v) is 4.91. The van der Waals surface area contributed by atoms with Gasteiger partial charge in [0, 0.05) is 17.0 Å². The lowest BCUT2D eigenvalue weighted by Crippen LogP contribution is -2.48. The Morgan fingerprint density at radius 3 is 2.58 bits per heavy atom. The minimum Gasteiger partial charge on any atom is -0.490 e. The van der Waals surface area contributed by atoms with Gasteiger partial charge in [0.15, 0.2) is 0 Å². The number of hydrogen-bond donors (Lipinski definition) is 2. The molecule has 1 unspecified atom stereocenters. The molecular formula is C19H28ClN3O3. The first-order chi connectivity index (χ1) is 11.8. The highest BCUT2D eigenvalue weighted by molar-refractivity contribution is 6.00. The lowest BCUT2D eigenvalue weighted by atomic mass is 9.88. The van der Waals surface area contributed by atoms with Gasteiger partial charge >= 0.3 is 0 Å². The topological polar surface area (TPSA) is 70.7 Å². The summed E-state index contributed by atoms with van der Waals surface area (Å²) < 4.78 is 5.67. The van der Waals surface area contributed by atoms with Gasteiger partial charge in [0.2, 0.25) is 11.8 Å². The molecule has 7 heteroatoms. The Labute approximate surface area is 161 Å². The number of nitrogens with zero attached hydrogens (tertiary/aromatic N) is 1. The van der Waals surface area contributed by atoms with Crippen molar-refractivity contribution >= 4 is 35.6 Å². The van der Waals surface area contributed by atoms with E-state index in [0.29, 0.717) is 30.5 Å². The van der Waals surface area contributed by atoms with Crippen molar-refractivity contribution in [2.24, 2.45) is 17.3 Å². The number of benzene rings is 1. The van der Waals surface area contributed by atoms with E-state index in [9.17, 15) is 9.59 Å². The molecule has 2 aliphatic heterocycles. The summed E-state index contributed by atoms with van der Waals surface area (Å²) in [7, 11) is 0. The lowest BCUT2D eigenvalue weighted by molar-refractivity contribution is -0.126. The summed E-state index contributed by atoms with van der Waals surface area (Å²) in [5.74, 6) is 1.09. The molecule has 3 rings (SSSR count). The van der Waals surface area contributed by atoms with Crippen molar-refractivity contribution in [3.8, 4) is 5.75 Å². The molecule has 0 saturated carbocycles. The second-order valence-electron chi connectivity index (χ2n) is 7.93. The van der Waals surface area contributed by atoms with Gasteiger partial charge in [-0.05, 0) is 37.2 Å². The number of ether oxygens (including phenoxy) is 1. The van der Waals surface area contributed by atoms with Crippen LogP contribution in [-0.2, 0) is 9.59 Å². The van der Waals surface area contributed by atoms with Gasteiger partial charge < -0.3 is 20.3 Å². The molecule has 1 fully saturated rings. The third kappa shape index (κ3) is 4.13. The van der Waals surface area contributed by atoms with E-state index in [1.54, 1.807) is 4.90 Å². The number of hydrogen-bond acceptors (Lipinski definition) is 4. The first kappa shape index (κ1) is 20.5. The van der Waals surface area contributed by atoms with Crippen LogP contribution in [0, 0.1) is 17.3 Å². The van der Waals surface area contributed by atoms with Gasteiger partial charge in [0.1, 0.15) is 12.4 Å². The maximum atomic E-state index is 12.7. The standard InChI is InChI=1S/C19H27N3O3.ClH/c1-12(13-10-20-11-13)17(23)21-14-5-6-16-15(9-14)22(7-8-25-16)18(24)19(2,3)4;/h5-6,9,12-13,20H,7-8,10-11H2,1-4H3,(H,21,23);1H. The molecule has 1 aromatic carbocycles. The fourth-order valence-corrected chi connectivity index (χ4v) is 3.05. The fraction of sp³-hybridized carbons (Fsp3) is 0.579. The molecule has 1 aromatic rings. The molecule has 0 aliphatic carbocycles. The van der Waals surface area contributed by atoms with E-state index in [4.69, 9.17) is 4.74 Å². The highest BCUT2D eigenvalue weighted by atomic mass is 35.5. The van der Waals surface area contributed by atoms with Crippen molar-refractivity contribution in [3.63, 3.8) is 0 Å². The molecule has 0 radical (unpaired) electrons. The largest absolute Gasteiger partial charge is 0.490 e. The van der Waals surface area contributed by atoms with Crippen molar-refractivity contribution in [2.45, 2.75) is 27.7 Å². The molecule has 26 heavy (non-hydrogen) atoms. The second kappa shape index (κ2) is 7.84. The van der Waals surface area contributed by atoms with Gasteiger partial charge in [-0.25, -0.2) is 0 Å². The Bertz CT molecular complexity index is 683. The molecule has 2 amide bonds. The van der Waals surface area contributed by atoms with Crippen LogP contribution in [0.1, 0.15) is 27.7 Å². The summed E-state index contributed by atoms with van der Waals surface area (Å²) >= 11 is 0. The zero-order valence-corrected chi connectivity index (χ0v) is 16.6. The zero-order chi connectivity index (χ0) is 18.2. The first-order valence-corrected chi connectivity index (χ1v) is 8.88. The van der Waals surface area contributed by atoms with Crippen LogP contribution in [-0.4, -0.2) is 38.1 Å². The molecule has 2 aliphatic rings. The third-order valence-electron chi connectivity index (χ3n) is 4.91. The van der Waals surface area contributed by atoms with Crippen molar-refractivity contribution in [3.05, 3.63) is 18.2 Å². The minimum absolute atomic E-state index is 0. The van der Waals surface area contributed by atoms with Gasteiger partial charge in [-0.2, -0.15) is 0 Å². The zero-order valence-electron chi connectivity index (χ0n) is 15.8. The van der Waals surface area contributed by atoms with Gasteiger partial charge in [0.25, 0.3) is 0 Å². The maximum Gasteiger partial charge on any atom is 0.232 e. The molecule has 6 nitrogen and oxygen atoms in total. The van der Waals surface area contributed by atoms with E-state index in [1.165, 1.54) is 0 Å². The van der Waals surface area contributed by atoms with Gasteiger partial charge in [-0.15, -0.1) is 12.4 Å². The molecule has 2 heterocycles. The molecule has 0 aromatic heterocycles. The summed E-state index contributed by atoms with van der Waals surface area (Å²) in [6.07, 6.45) is 0. The van der Waals surface area contributed by atoms with E-state index >= 15 is 0 Å². The number of amides is 2. The van der Waals surface area contributed by atoms with Crippen LogP contribution in [0.15, 0.2) is 18.2 Å². The molecular weight excluding hydrogens is 354 g/mol. The molecule has 1 atom stereocenters. The maximum absolute atomic E-state index is 12.7. The molecule has 0 spiro atoms. The Morgan fingerprint density at radius 1 is 1.31 bits per heavy atom. The van der Waals surface area contributed by atoms with Gasteiger partial charge in [-0.3, -0.25) is 9.59 Å². The first-order valence-electron chi connectivity index (χ1n) is 8.88. The Morgan fingerprint density at radius 2 is 2.00 bits per heavy atom. The number of rotatable bonds is 3. The number of carbonyl (C=O) groups is 2. The van der Waals surface area contributed by atoms with Crippen LogP contribution in [0.25, 0.3) is 0 Å². The van der Waals surface area contributed by atoms with E-state index in [-0.39, 0.29) is 30.1 Å². The monoisotopic (exact) mass is 381 g/mol. The van der Waals surface area contributed by atoms with E-state index < -0.39 is 5.41 Å². The Balaban J connectivity index is 0.00000243. The van der Waals surface area contributed by atoms with E-state index in [1.807, 2.05) is 45.9 Å². The van der Waals surface area contributed by atoms with Crippen molar-refractivity contribution in [2.75, 3.05) is 36.5 Å². The number of carbonyl (C=O) groups excluding carboxylic acids is 2. The number of fused-ring (bicyclic) bond motifs is 1. The van der Waals surface area contributed by atoms with Crippen LogP contribution >= 0.6 is 12.4 Å². The SMILES string of the molecule is CC(C(=O)Nc1ccc2c(c1)N(C(=O)C(C)(C)C)CCO2)C1CNC1.Cl. The number of halogens is 1. The average molecular weight is 382 g/mol. The van der Waals surface area contributed by atoms with E-state index in [0.717, 1.165) is 18.8 Å². The quantitative estimate of drug-likeness (QED) is 0.844. The van der Waals surface area contributed by atoms with Crippen LogP contribution in [0.5, 0.6) is 5.75 Å². The summed E-state index contributed by atoms with van der Waals surface area (Å²) in [6, 6.07) is 5.48. The highest BCUT2D eigenvalue weighted by Gasteiger charge is 2.32. The van der Waals surface area contributed by atoms with Crippen LogP contribution in [0.3, 0.4) is 0 Å². The fourth-order valence-electron chi connectivity index (χ4n) is 3.05. The van der Waals surface area contributed by atoms with Crippen molar-refractivity contribution < 1.29 is 14.3 Å². The van der Waals surface area contributed by atoms with E-state index in [2.05, 4.69) is 10.6 Å². The molecule has 2 N–H and O–H groups in total. The van der Waals surface area contributed by atoms with Crippen LogP contribution < -0.4 is 20.3 Å². The predicted octanol–water partition coefficient (Wildman–Crippen LogP) is 2.67. The highest BCUT2D eigenvalue weighted by Crippen LogP contribution is 2.36. The van der Waals surface area contributed by atoms with Crippen molar-refractivity contribution in [1.29, 1.82) is 0 Å². The number of nitrogens with one attached hydrogen (secondary N) is 2. The lowest BCUT2D eigenvalue weighted by Gasteiger charge is -2.34. The van der Waals surface area contributed by atoms with Gasteiger partial charge in [0.05, 0.1) is 12.2 Å². The molecule has 0 bridgehead atoms. The minimum atomic E-state index is -0.473. The predicted molar refractivity (Wildman–Crippen MR) is 105 cm³/mol. The Hall–Kier alpha value is -1.79. The van der Waals surface area contributed by atoms with Crippen LogP contribution in [0.2, 0.25) is 0 Å². The average Bonchev–Trinajstić information content (AvgIpc) is 2.51. The smallest absolute Gasteiger partial charge is 0.232 e. The summed E-state index contributed by atoms with van der Waals surface area (Å²) in [5, 5.41) is 6.17. The van der Waals surface area contributed by atoms with Crippen molar-refractivity contribution in [1.82, 2.24) is 5.32 Å². The summed E-state index contributed by atoms with van der Waals surface area (Å²) in [5.41, 5.74) is 0.946. The number of anilines is 2. The summed E-state index contributed by atoms with van der Waals surface area (Å²) in [4.78, 5) is 26.9. The summed E-state index contributed by atoms with van der Waals surface area (Å²) in [6.45, 7) is 10.5. The Kier molecular flexibility index (Phi) is 6.19. The van der Waals surface area contributed by atoms with Gasteiger partial charge in [-0.1, -0.05) is 27.7 Å².